The van der Waals surface area contributed by atoms with Crippen LogP contribution in [0.1, 0.15) is 31.1 Å². The number of benzene rings is 1. The third-order valence-corrected chi connectivity index (χ3v) is 3.09. The highest BCUT2D eigenvalue weighted by atomic mass is 16.2. The average Bonchev–Trinajstić information content (AvgIpc) is 2.99. The van der Waals surface area contributed by atoms with Gasteiger partial charge in [0.05, 0.1) is 6.33 Å². The van der Waals surface area contributed by atoms with Crippen LogP contribution < -0.4 is 16.0 Å². The third kappa shape index (κ3) is 5.75. The van der Waals surface area contributed by atoms with E-state index in [1.54, 1.807) is 36.8 Å². The van der Waals surface area contributed by atoms with Gasteiger partial charge in [-0.2, -0.15) is 0 Å². The van der Waals surface area contributed by atoms with Crippen LogP contribution in [0.3, 0.4) is 0 Å². The largest absolute Gasteiger partial charge is 0.347 e. The van der Waals surface area contributed by atoms with E-state index in [4.69, 9.17) is 0 Å². The van der Waals surface area contributed by atoms with Crippen LogP contribution in [-0.2, 0) is 6.54 Å². The fourth-order valence-electron chi connectivity index (χ4n) is 2.04. The van der Waals surface area contributed by atoms with Crippen molar-refractivity contribution >= 4 is 17.6 Å². The maximum Gasteiger partial charge on any atom is 0.319 e. The Morgan fingerprint density at radius 1 is 1.25 bits per heavy atom. The number of rotatable bonds is 5. The molecule has 0 saturated heterocycles. The van der Waals surface area contributed by atoms with Crippen molar-refractivity contribution in [1.82, 2.24) is 20.2 Å². The van der Waals surface area contributed by atoms with Crippen molar-refractivity contribution in [2.75, 3.05) is 11.9 Å². The van der Waals surface area contributed by atoms with Gasteiger partial charge in [0.25, 0.3) is 5.91 Å². The maximum atomic E-state index is 12.2. The van der Waals surface area contributed by atoms with Crippen LogP contribution in [0, 0.1) is 0 Å². The van der Waals surface area contributed by atoms with E-state index in [2.05, 4.69) is 20.9 Å². The van der Waals surface area contributed by atoms with E-state index in [9.17, 15) is 9.59 Å². The highest BCUT2D eigenvalue weighted by molar-refractivity contribution is 5.97. The highest BCUT2D eigenvalue weighted by Crippen LogP contribution is 2.12. The van der Waals surface area contributed by atoms with Gasteiger partial charge in [0.1, 0.15) is 0 Å². The molecule has 7 heteroatoms. The van der Waals surface area contributed by atoms with Gasteiger partial charge in [-0.15, -0.1) is 0 Å². The molecule has 1 aromatic heterocycles. The Bertz CT molecular complexity index is 689. The lowest BCUT2D eigenvalue weighted by atomic mass is 10.1. The molecule has 0 aliphatic heterocycles. The number of nitrogens with zero attached hydrogens (tertiary/aromatic N) is 2. The molecule has 0 unspecified atom stereocenters. The second kappa shape index (κ2) is 7.63. The third-order valence-electron chi connectivity index (χ3n) is 3.09. The Labute approximate surface area is 141 Å². The van der Waals surface area contributed by atoms with Crippen LogP contribution in [0.25, 0.3) is 0 Å². The molecule has 0 aliphatic carbocycles. The second-order valence-electron chi connectivity index (χ2n) is 6.47. The first kappa shape index (κ1) is 17.5. The van der Waals surface area contributed by atoms with Crippen molar-refractivity contribution in [2.24, 2.45) is 0 Å². The van der Waals surface area contributed by atoms with Crippen LogP contribution in [0.15, 0.2) is 43.0 Å². The molecule has 0 atom stereocenters. The van der Waals surface area contributed by atoms with E-state index in [1.807, 2.05) is 31.5 Å². The monoisotopic (exact) mass is 329 g/mol. The summed E-state index contributed by atoms with van der Waals surface area (Å²) < 4.78 is 1.87. The van der Waals surface area contributed by atoms with E-state index in [1.165, 1.54) is 0 Å². The molecule has 128 valence electrons. The number of urea groups is 1. The lowest BCUT2D eigenvalue weighted by Crippen LogP contribution is -2.40. The number of hydrogen-bond donors (Lipinski definition) is 3. The first-order valence-corrected chi connectivity index (χ1v) is 7.77. The summed E-state index contributed by atoms with van der Waals surface area (Å²) in [5.41, 5.74) is 0.753. The van der Waals surface area contributed by atoms with E-state index in [0.717, 1.165) is 0 Å². The van der Waals surface area contributed by atoms with Gasteiger partial charge in [0.15, 0.2) is 0 Å². The molecule has 1 aromatic carbocycles. The smallest absolute Gasteiger partial charge is 0.319 e. The van der Waals surface area contributed by atoms with Crippen LogP contribution in [0.5, 0.6) is 0 Å². The van der Waals surface area contributed by atoms with Gasteiger partial charge in [0, 0.05) is 42.3 Å². The molecule has 3 N–H and O–H groups in total. The molecule has 0 fully saturated rings. The molecule has 24 heavy (non-hydrogen) atoms. The Morgan fingerprint density at radius 3 is 2.71 bits per heavy atom. The van der Waals surface area contributed by atoms with Crippen molar-refractivity contribution in [3.63, 3.8) is 0 Å². The van der Waals surface area contributed by atoms with E-state index < -0.39 is 0 Å². The Hall–Kier alpha value is -2.83. The van der Waals surface area contributed by atoms with E-state index in [-0.39, 0.29) is 17.5 Å². The quantitative estimate of drug-likeness (QED) is 0.786. The van der Waals surface area contributed by atoms with Gasteiger partial charge in [-0.05, 0) is 39.0 Å². The molecule has 0 bridgehead atoms. The summed E-state index contributed by atoms with van der Waals surface area (Å²) in [5.74, 6) is -0.174. The van der Waals surface area contributed by atoms with Gasteiger partial charge in [-0.1, -0.05) is 6.07 Å². The van der Waals surface area contributed by atoms with Crippen molar-refractivity contribution in [2.45, 2.75) is 32.9 Å². The predicted octanol–water partition coefficient (Wildman–Crippen LogP) is 2.23. The normalized spacial score (nSPS) is 11.0. The summed E-state index contributed by atoms with van der Waals surface area (Å²) in [6.45, 7) is 6.87. The van der Waals surface area contributed by atoms with Crippen LogP contribution in [0.2, 0.25) is 0 Å². The Kier molecular flexibility index (Phi) is 5.57. The number of aromatic nitrogens is 2. The van der Waals surface area contributed by atoms with Gasteiger partial charge in [-0.25, -0.2) is 9.78 Å². The highest BCUT2D eigenvalue weighted by Gasteiger charge is 2.15. The van der Waals surface area contributed by atoms with Gasteiger partial charge in [0.2, 0.25) is 0 Å². The van der Waals surface area contributed by atoms with E-state index in [0.29, 0.717) is 24.3 Å². The van der Waals surface area contributed by atoms with Crippen LogP contribution >= 0.6 is 0 Å². The molecule has 1 heterocycles. The minimum atomic E-state index is -0.316. The first-order chi connectivity index (χ1) is 11.3. The SMILES string of the molecule is CC(C)(C)NC(=O)c1cccc(NC(=O)NCCn2ccnc2)c1. The number of carbonyl (C=O) groups excluding carboxylic acids is 2. The minimum Gasteiger partial charge on any atom is -0.347 e. The molecule has 0 spiro atoms. The number of imidazole rings is 1. The summed E-state index contributed by atoms with van der Waals surface area (Å²) in [4.78, 5) is 28.0. The molecule has 0 saturated carbocycles. The molecule has 2 aromatic rings. The number of anilines is 1. The first-order valence-electron chi connectivity index (χ1n) is 7.77. The standard InChI is InChI=1S/C17H23N5O2/c1-17(2,3)21-15(23)13-5-4-6-14(11-13)20-16(24)19-8-10-22-9-7-18-12-22/h4-7,9,11-12H,8,10H2,1-3H3,(H,21,23)(H2,19,20,24). The van der Waals surface area contributed by atoms with E-state index >= 15 is 0 Å². The fourth-order valence-corrected chi connectivity index (χ4v) is 2.04. The number of carbonyl (C=O) groups is 2. The topological polar surface area (TPSA) is 88.0 Å². The molecular weight excluding hydrogens is 306 g/mol. The molecule has 2 rings (SSSR count). The molecule has 7 nitrogen and oxygen atoms in total. The van der Waals surface area contributed by atoms with Crippen LogP contribution in [-0.4, -0.2) is 33.6 Å². The molecule has 0 radical (unpaired) electrons. The summed E-state index contributed by atoms with van der Waals surface area (Å²) in [7, 11) is 0. The predicted molar refractivity (Wildman–Crippen MR) is 92.9 cm³/mol. The zero-order valence-corrected chi connectivity index (χ0v) is 14.2. The fraction of sp³-hybridized carbons (Fsp3) is 0.353. The summed E-state index contributed by atoms with van der Waals surface area (Å²) in [5, 5.41) is 8.37. The van der Waals surface area contributed by atoms with Crippen molar-refractivity contribution < 1.29 is 9.59 Å². The maximum absolute atomic E-state index is 12.2. The average molecular weight is 329 g/mol. The van der Waals surface area contributed by atoms with Gasteiger partial charge < -0.3 is 20.5 Å². The number of nitrogens with one attached hydrogen (secondary N) is 3. The van der Waals surface area contributed by atoms with Crippen LogP contribution in [0.4, 0.5) is 10.5 Å². The molecular formula is C17H23N5O2. The van der Waals surface area contributed by atoms with Gasteiger partial charge in [-0.3, -0.25) is 4.79 Å². The zero-order valence-electron chi connectivity index (χ0n) is 14.2. The summed E-state index contributed by atoms with van der Waals surface area (Å²) in [6.07, 6.45) is 5.21. The van der Waals surface area contributed by atoms with Crippen molar-refractivity contribution in [3.05, 3.63) is 48.5 Å². The lowest BCUT2D eigenvalue weighted by Gasteiger charge is -2.20. The number of hydrogen-bond acceptors (Lipinski definition) is 3. The van der Waals surface area contributed by atoms with Crippen molar-refractivity contribution in [3.8, 4) is 0 Å². The lowest BCUT2D eigenvalue weighted by molar-refractivity contribution is 0.0919. The second-order valence-corrected chi connectivity index (χ2v) is 6.47. The number of amides is 3. The van der Waals surface area contributed by atoms with Crippen molar-refractivity contribution in [1.29, 1.82) is 0 Å². The molecule has 0 aliphatic rings. The van der Waals surface area contributed by atoms with Gasteiger partial charge >= 0.3 is 6.03 Å². The Morgan fingerprint density at radius 2 is 2.04 bits per heavy atom. The summed E-state index contributed by atoms with van der Waals surface area (Å²) >= 11 is 0. The zero-order chi connectivity index (χ0) is 17.6. The summed E-state index contributed by atoms with van der Waals surface area (Å²) in [6, 6.07) is 6.52. The Balaban J connectivity index is 1.86. The minimum absolute atomic E-state index is 0.174. The molecule has 3 amide bonds.